The molecule has 0 amide bonds. The van der Waals surface area contributed by atoms with Gasteiger partial charge in [-0.15, -0.1) is 0 Å². The number of nitrogens with zero attached hydrogens (tertiary/aromatic N) is 1. The standard InChI is InChI=1S/C15H23BrN2/c1-11(2)12-6-7-18(10-12)15-5-4-14(16)8-13(15)9-17-3/h4-5,8,11-12,17H,6-7,9-10H2,1-3H3. The summed E-state index contributed by atoms with van der Waals surface area (Å²) in [6, 6.07) is 6.63. The lowest BCUT2D eigenvalue weighted by Gasteiger charge is -2.23. The Labute approximate surface area is 119 Å². The highest BCUT2D eigenvalue weighted by molar-refractivity contribution is 9.10. The summed E-state index contributed by atoms with van der Waals surface area (Å²) in [7, 11) is 2.01. The molecule has 1 fully saturated rings. The van der Waals surface area contributed by atoms with Crippen LogP contribution < -0.4 is 10.2 Å². The second kappa shape index (κ2) is 6.07. The van der Waals surface area contributed by atoms with Crippen LogP contribution in [0.1, 0.15) is 25.8 Å². The minimum absolute atomic E-state index is 0.790. The van der Waals surface area contributed by atoms with Crippen molar-refractivity contribution < 1.29 is 0 Å². The van der Waals surface area contributed by atoms with Crippen LogP contribution in [0.4, 0.5) is 5.69 Å². The number of halogens is 1. The van der Waals surface area contributed by atoms with Crippen LogP contribution in [0.2, 0.25) is 0 Å². The molecule has 1 heterocycles. The molecule has 1 aromatic rings. The zero-order valence-corrected chi connectivity index (χ0v) is 13.1. The topological polar surface area (TPSA) is 15.3 Å². The Hall–Kier alpha value is -0.540. The number of anilines is 1. The number of hydrogen-bond acceptors (Lipinski definition) is 2. The molecule has 0 aliphatic carbocycles. The zero-order chi connectivity index (χ0) is 13.1. The lowest BCUT2D eigenvalue weighted by Crippen LogP contribution is -2.23. The molecule has 2 rings (SSSR count). The molecule has 100 valence electrons. The first kappa shape index (κ1) is 13.9. The van der Waals surface area contributed by atoms with Crippen molar-refractivity contribution in [3.05, 3.63) is 28.2 Å². The van der Waals surface area contributed by atoms with Crippen molar-refractivity contribution >= 4 is 21.6 Å². The Morgan fingerprint density at radius 2 is 2.22 bits per heavy atom. The number of rotatable bonds is 4. The third-order valence-corrected chi connectivity index (χ3v) is 4.41. The highest BCUT2D eigenvalue weighted by atomic mass is 79.9. The van der Waals surface area contributed by atoms with E-state index >= 15 is 0 Å². The fourth-order valence-electron chi connectivity index (χ4n) is 2.74. The molecule has 1 aliphatic heterocycles. The van der Waals surface area contributed by atoms with Gasteiger partial charge in [0.05, 0.1) is 0 Å². The van der Waals surface area contributed by atoms with E-state index in [1.165, 1.54) is 30.8 Å². The molecule has 1 aliphatic rings. The second-order valence-corrected chi connectivity index (χ2v) is 6.46. The van der Waals surface area contributed by atoms with Crippen molar-refractivity contribution in [1.29, 1.82) is 0 Å². The van der Waals surface area contributed by atoms with Gasteiger partial charge in [-0.25, -0.2) is 0 Å². The van der Waals surface area contributed by atoms with Gasteiger partial charge >= 0.3 is 0 Å². The van der Waals surface area contributed by atoms with Gasteiger partial charge in [0, 0.05) is 29.8 Å². The van der Waals surface area contributed by atoms with E-state index in [9.17, 15) is 0 Å². The van der Waals surface area contributed by atoms with E-state index < -0.39 is 0 Å². The zero-order valence-electron chi connectivity index (χ0n) is 11.5. The van der Waals surface area contributed by atoms with Gasteiger partial charge in [0.15, 0.2) is 0 Å². The Morgan fingerprint density at radius 1 is 1.44 bits per heavy atom. The Kier molecular flexibility index (Phi) is 4.68. The van der Waals surface area contributed by atoms with E-state index in [4.69, 9.17) is 0 Å². The van der Waals surface area contributed by atoms with E-state index in [0.717, 1.165) is 22.9 Å². The molecule has 0 spiro atoms. The van der Waals surface area contributed by atoms with Gasteiger partial charge in [0.25, 0.3) is 0 Å². The molecule has 1 saturated heterocycles. The molecular weight excluding hydrogens is 288 g/mol. The van der Waals surface area contributed by atoms with Crippen molar-refractivity contribution in [1.82, 2.24) is 5.32 Å². The molecule has 1 N–H and O–H groups in total. The van der Waals surface area contributed by atoms with Crippen molar-refractivity contribution in [3.8, 4) is 0 Å². The van der Waals surface area contributed by atoms with Crippen LogP contribution in [0.3, 0.4) is 0 Å². The molecule has 0 aromatic heterocycles. The predicted octanol–water partition coefficient (Wildman–Crippen LogP) is 3.65. The number of benzene rings is 1. The first-order valence-corrected chi connectivity index (χ1v) is 7.59. The van der Waals surface area contributed by atoms with Crippen LogP contribution in [0.25, 0.3) is 0 Å². The van der Waals surface area contributed by atoms with E-state index in [2.05, 4.69) is 58.2 Å². The second-order valence-electron chi connectivity index (χ2n) is 5.54. The highest BCUT2D eigenvalue weighted by Gasteiger charge is 2.26. The van der Waals surface area contributed by atoms with Crippen molar-refractivity contribution in [2.45, 2.75) is 26.8 Å². The third-order valence-electron chi connectivity index (χ3n) is 3.92. The fraction of sp³-hybridized carbons (Fsp3) is 0.600. The normalized spacial score (nSPS) is 19.8. The Morgan fingerprint density at radius 3 is 2.83 bits per heavy atom. The minimum atomic E-state index is 0.790. The summed E-state index contributed by atoms with van der Waals surface area (Å²) in [5, 5.41) is 3.26. The Balaban J connectivity index is 2.18. The maximum atomic E-state index is 3.56. The Bertz CT molecular complexity index is 403. The first-order chi connectivity index (χ1) is 8.61. The summed E-state index contributed by atoms with van der Waals surface area (Å²) in [5.74, 6) is 1.63. The summed E-state index contributed by atoms with van der Waals surface area (Å²) in [6.07, 6.45) is 1.33. The SMILES string of the molecule is CNCc1cc(Br)ccc1N1CCC(C(C)C)C1. The van der Waals surface area contributed by atoms with Gasteiger partial charge in [0.2, 0.25) is 0 Å². The van der Waals surface area contributed by atoms with E-state index in [0.29, 0.717) is 0 Å². The maximum absolute atomic E-state index is 3.56. The third kappa shape index (κ3) is 3.07. The van der Waals surface area contributed by atoms with Gasteiger partial charge in [-0.3, -0.25) is 0 Å². The number of hydrogen-bond donors (Lipinski definition) is 1. The average molecular weight is 311 g/mol. The average Bonchev–Trinajstić information content (AvgIpc) is 2.79. The van der Waals surface area contributed by atoms with Crippen LogP contribution >= 0.6 is 15.9 Å². The monoisotopic (exact) mass is 310 g/mol. The lowest BCUT2D eigenvalue weighted by atomic mass is 9.95. The molecule has 0 bridgehead atoms. The quantitative estimate of drug-likeness (QED) is 0.913. The molecule has 3 heteroatoms. The molecule has 2 nitrogen and oxygen atoms in total. The number of nitrogens with one attached hydrogen (secondary N) is 1. The summed E-state index contributed by atoms with van der Waals surface area (Å²) >= 11 is 3.56. The van der Waals surface area contributed by atoms with E-state index in [1.54, 1.807) is 0 Å². The smallest absolute Gasteiger partial charge is 0.0412 e. The van der Waals surface area contributed by atoms with Gasteiger partial charge in [-0.05, 0) is 49.1 Å². The van der Waals surface area contributed by atoms with Gasteiger partial charge < -0.3 is 10.2 Å². The van der Waals surface area contributed by atoms with E-state index in [1.807, 2.05) is 7.05 Å². The molecule has 0 radical (unpaired) electrons. The molecule has 1 atom stereocenters. The molecule has 18 heavy (non-hydrogen) atoms. The van der Waals surface area contributed by atoms with Gasteiger partial charge in [-0.2, -0.15) is 0 Å². The van der Waals surface area contributed by atoms with Crippen molar-refractivity contribution in [3.63, 3.8) is 0 Å². The van der Waals surface area contributed by atoms with Crippen LogP contribution in [0.15, 0.2) is 22.7 Å². The highest BCUT2D eigenvalue weighted by Crippen LogP contribution is 2.31. The van der Waals surface area contributed by atoms with Gasteiger partial charge in [-0.1, -0.05) is 29.8 Å². The van der Waals surface area contributed by atoms with Crippen LogP contribution in [0.5, 0.6) is 0 Å². The van der Waals surface area contributed by atoms with E-state index in [-0.39, 0.29) is 0 Å². The van der Waals surface area contributed by atoms with Crippen LogP contribution in [-0.2, 0) is 6.54 Å². The lowest BCUT2D eigenvalue weighted by molar-refractivity contribution is 0.422. The summed E-state index contributed by atoms with van der Waals surface area (Å²) in [4.78, 5) is 2.55. The molecule has 1 unspecified atom stereocenters. The van der Waals surface area contributed by atoms with Crippen molar-refractivity contribution in [2.75, 3.05) is 25.0 Å². The van der Waals surface area contributed by atoms with Crippen molar-refractivity contribution in [2.24, 2.45) is 11.8 Å². The van der Waals surface area contributed by atoms with Crippen LogP contribution in [-0.4, -0.2) is 20.1 Å². The minimum Gasteiger partial charge on any atom is -0.371 e. The molecule has 1 aromatic carbocycles. The summed E-state index contributed by atoms with van der Waals surface area (Å²) in [5.41, 5.74) is 2.78. The predicted molar refractivity (Wildman–Crippen MR) is 82.1 cm³/mol. The molecule has 0 saturated carbocycles. The van der Waals surface area contributed by atoms with Gasteiger partial charge in [0.1, 0.15) is 0 Å². The first-order valence-electron chi connectivity index (χ1n) is 6.79. The van der Waals surface area contributed by atoms with Crippen LogP contribution in [0, 0.1) is 11.8 Å². The summed E-state index contributed by atoms with van der Waals surface area (Å²) in [6.45, 7) is 8.00. The molecular formula is C15H23BrN2. The summed E-state index contributed by atoms with van der Waals surface area (Å²) < 4.78 is 1.16. The largest absolute Gasteiger partial charge is 0.371 e. The fourth-order valence-corrected chi connectivity index (χ4v) is 3.15. The maximum Gasteiger partial charge on any atom is 0.0412 e.